The third kappa shape index (κ3) is 3.85. The number of benzene rings is 2. The van der Waals surface area contributed by atoms with Gasteiger partial charge in [-0.05, 0) is 47.9 Å². The Morgan fingerprint density at radius 1 is 1.29 bits per heavy atom. The van der Waals surface area contributed by atoms with Crippen LogP contribution in [0.1, 0.15) is 30.1 Å². The van der Waals surface area contributed by atoms with Gasteiger partial charge in [0.15, 0.2) is 0 Å². The van der Waals surface area contributed by atoms with E-state index in [4.69, 9.17) is 4.74 Å². The highest BCUT2D eigenvalue weighted by atomic mass is 16.6. The van der Waals surface area contributed by atoms with Crippen LogP contribution in [0.15, 0.2) is 67.4 Å². The summed E-state index contributed by atoms with van der Waals surface area (Å²) in [6.45, 7) is 6.70. The van der Waals surface area contributed by atoms with Crippen LogP contribution in [0.5, 0.6) is 5.75 Å². The van der Waals surface area contributed by atoms with E-state index >= 15 is 0 Å². The number of piperidine rings is 3. The average Bonchev–Trinajstić information content (AvgIpc) is 2.87. The van der Waals surface area contributed by atoms with Crippen LogP contribution in [-0.4, -0.2) is 45.7 Å². The smallest absolute Gasteiger partial charge is 0.269 e. The fourth-order valence-electron chi connectivity index (χ4n) is 6.21. The largest absolute Gasteiger partial charge is 0.497 e. The molecule has 0 saturated carbocycles. The van der Waals surface area contributed by atoms with Crippen molar-refractivity contribution in [3.8, 4) is 5.75 Å². The number of aromatic nitrogens is 1. The lowest BCUT2D eigenvalue weighted by molar-refractivity contribution is -0.984. The molecule has 176 valence electrons. The van der Waals surface area contributed by atoms with Crippen LogP contribution in [0.4, 0.5) is 5.69 Å². The first-order chi connectivity index (χ1) is 16.4. The standard InChI is InChI=1S/C27H30N3O4/c1-3-19-17-30(16-18-4-6-21(7-5-18)29(32)33)13-11-20(19)14-26(30)27(31)23-10-12-28-25-9-8-22(34-2)15-24(23)25/h3-10,12,15,19-20,26-27,31H,1,11,13-14,16-17H2,2H3/q+1/t19-,20?,26-,27+,30?/m1/s1. The van der Waals surface area contributed by atoms with Gasteiger partial charge in [0.2, 0.25) is 0 Å². The zero-order valence-electron chi connectivity index (χ0n) is 19.3. The minimum absolute atomic E-state index is 0.0157. The molecule has 3 saturated heterocycles. The summed E-state index contributed by atoms with van der Waals surface area (Å²) in [6.07, 6.45) is 5.18. The lowest BCUT2D eigenvalue weighted by Gasteiger charge is -2.58. The van der Waals surface area contributed by atoms with E-state index in [1.54, 1.807) is 25.4 Å². The molecule has 3 aromatic rings. The number of ether oxygens (including phenoxy) is 1. The summed E-state index contributed by atoms with van der Waals surface area (Å²) < 4.78 is 6.18. The van der Waals surface area contributed by atoms with Crippen molar-refractivity contribution in [1.82, 2.24) is 4.98 Å². The Hall–Kier alpha value is -3.29. The number of quaternary nitrogens is 1. The van der Waals surface area contributed by atoms with E-state index < -0.39 is 6.10 Å². The van der Waals surface area contributed by atoms with Gasteiger partial charge in [0.25, 0.3) is 5.69 Å². The first-order valence-corrected chi connectivity index (χ1v) is 11.8. The zero-order valence-corrected chi connectivity index (χ0v) is 19.3. The maximum Gasteiger partial charge on any atom is 0.269 e. The van der Waals surface area contributed by atoms with Crippen molar-refractivity contribution in [3.05, 3.63) is 88.6 Å². The van der Waals surface area contributed by atoms with Gasteiger partial charge in [0, 0.05) is 48.0 Å². The number of nitrogens with zero attached hydrogens (tertiary/aromatic N) is 3. The molecule has 4 heterocycles. The topological polar surface area (TPSA) is 85.5 Å². The van der Waals surface area contributed by atoms with Crippen LogP contribution < -0.4 is 4.74 Å². The molecule has 3 fully saturated rings. The Labute approximate surface area is 199 Å². The molecule has 0 spiro atoms. The SMILES string of the molecule is C=C[C@@H]1C[N+]2(Cc3ccc([N+](=O)[O-])cc3)CCC1C[C@@H]2[C@@H](O)c1ccnc2ccc(OC)cc12. The first-order valence-electron chi connectivity index (χ1n) is 11.8. The molecular formula is C27H30N3O4+. The summed E-state index contributed by atoms with van der Waals surface area (Å²) in [5, 5.41) is 23.9. The second-order valence-corrected chi connectivity index (χ2v) is 9.69. The third-order valence-electron chi connectivity index (χ3n) is 7.99. The number of aliphatic hydroxyl groups is 1. The van der Waals surface area contributed by atoms with E-state index in [1.165, 1.54) is 0 Å². The molecular weight excluding hydrogens is 430 g/mol. The number of nitro groups is 1. The van der Waals surface area contributed by atoms with E-state index in [-0.39, 0.29) is 16.7 Å². The van der Waals surface area contributed by atoms with Crippen molar-refractivity contribution >= 4 is 16.6 Å². The van der Waals surface area contributed by atoms with Crippen LogP contribution in [0, 0.1) is 22.0 Å². The Bertz CT molecular complexity index is 1230. The third-order valence-corrected chi connectivity index (χ3v) is 7.99. The maximum absolute atomic E-state index is 11.8. The number of fused-ring (bicyclic) bond motifs is 4. The summed E-state index contributed by atoms with van der Waals surface area (Å²) in [6, 6.07) is 14.5. The minimum Gasteiger partial charge on any atom is -0.497 e. The van der Waals surface area contributed by atoms with Crippen LogP contribution in [0.2, 0.25) is 0 Å². The minimum atomic E-state index is -0.663. The zero-order chi connectivity index (χ0) is 23.9. The van der Waals surface area contributed by atoms with E-state index in [0.717, 1.165) is 64.7 Å². The van der Waals surface area contributed by atoms with Gasteiger partial charge in [-0.1, -0.05) is 6.08 Å². The fraction of sp³-hybridized carbons (Fsp3) is 0.370. The summed E-state index contributed by atoms with van der Waals surface area (Å²) in [7, 11) is 1.64. The van der Waals surface area contributed by atoms with Gasteiger partial charge in [-0.2, -0.15) is 0 Å². The number of aliphatic hydroxyl groups excluding tert-OH is 1. The quantitative estimate of drug-likeness (QED) is 0.237. The van der Waals surface area contributed by atoms with Crippen molar-refractivity contribution in [3.63, 3.8) is 0 Å². The molecule has 5 atom stereocenters. The van der Waals surface area contributed by atoms with Crippen molar-refractivity contribution in [2.45, 2.75) is 31.5 Å². The normalized spacial score (nSPS) is 26.8. The monoisotopic (exact) mass is 460 g/mol. The fourth-order valence-corrected chi connectivity index (χ4v) is 6.21. The van der Waals surface area contributed by atoms with Crippen molar-refractivity contribution in [1.29, 1.82) is 0 Å². The van der Waals surface area contributed by atoms with E-state index in [9.17, 15) is 15.2 Å². The molecule has 3 aliphatic rings. The molecule has 7 heteroatoms. The maximum atomic E-state index is 11.8. The predicted octanol–water partition coefficient (Wildman–Crippen LogP) is 4.80. The highest BCUT2D eigenvalue weighted by Gasteiger charge is 2.54. The predicted molar refractivity (Wildman–Crippen MR) is 130 cm³/mol. The van der Waals surface area contributed by atoms with E-state index in [2.05, 4.69) is 17.6 Å². The molecule has 6 rings (SSSR count). The number of non-ortho nitro benzene ring substituents is 1. The van der Waals surface area contributed by atoms with E-state index in [1.807, 2.05) is 36.4 Å². The van der Waals surface area contributed by atoms with Crippen molar-refractivity contribution in [2.24, 2.45) is 11.8 Å². The molecule has 2 aromatic carbocycles. The molecule has 34 heavy (non-hydrogen) atoms. The molecule has 1 N–H and O–H groups in total. The number of hydrogen-bond donors (Lipinski definition) is 1. The lowest BCUT2D eigenvalue weighted by Crippen LogP contribution is -2.67. The van der Waals surface area contributed by atoms with Crippen LogP contribution in [-0.2, 0) is 6.54 Å². The van der Waals surface area contributed by atoms with Gasteiger partial charge < -0.3 is 14.3 Å². The molecule has 2 bridgehead atoms. The second-order valence-electron chi connectivity index (χ2n) is 9.69. The average molecular weight is 461 g/mol. The summed E-state index contributed by atoms with van der Waals surface area (Å²) in [5.41, 5.74) is 2.85. The number of rotatable bonds is 7. The summed E-state index contributed by atoms with van der Waals surface area (Å²) in [5.74, 6) is 1.65. The molecule has 3 aliphatic heterocycles. The van der Waals surface area contributed by atoms with Crippen LogP contribution in [0.25, 0.3) is 10.9 Å². The number of pyridine rings is 1. The first kappa shape index (κ1) is 22.5. The van der Waals surface area contributed by atoms with Crippen LogP contribution in [0.3, 0.4) is 0 Å². The number of methoxy groups -OCH3 is 1. The molecule has 7 nitrogen and oxygen atoms in total. The van der Waals surface area contributed by atoms with Gasteiger partial charge in [-0.25, -0.2) is 0 Å². The number of hydrogen-bond acceptors (Lipinski definition) is 5. The second kappa shape index (κ2) is 8.81. The Morgan fingerprint density at radius 2 is 2.09 bits per heavy atom. The summed E-state index contributed by atoms with van der Waals surface area (Å²) in [4.78, 5) is 15.2. The van der Waals surface area contributed by atoms with E-state index in [0.29, 0.717) is 11.8 Å². The van der Waals surface area contributed by atoms with Gasteiger partial charge in [0.1, 0.15) is 24.4 Å². The van der Waals surface area contributed by atoms with Gasteiger partial charge in [-0.3, -0.25) is 15.1 Å². The van der Waals surface area contributed by atoms with Gasteiger partial charge in [0.05, 0.1) is 30.6 Å². The van der Waals surface area contributed by atoms with Gasteiger partial charge >= 0.3 is 0 Å². The molecule has 0 amide bonds. The van der Waals surface area contributed by atoms with Gasteiger partial charge in [-0.15, -0.1) is 6.58 Å². The highest BCUT2D eigenvalue weighted by molar-refractivity contribution is 5.83. The van der Waals surface area contributed by atoms with Crippen molar-refractivity contribution in [2.75, 3.05) is 20.2 Å². The molecule has 2 unspecified atom stereocenters. The Balaban J connectivity index is 1.53. The Morgan fingerprint density at radius 3 is 2.79 bits per heavy atom. The number of nitro benzene ring substituents is 1. The molecule has 0 radical (unpaired) electrons. The Kier molecular flexibility index (Phi) is 5.83. The van der Waals surface area contributed by atoms with Crippen molar-refractivity contribution < 1.29 is 19.2 Å². The summed E-state index contributed by atoms with van der Waals surface area (Å²) >= 11 is 0. The van der Waals surface area contributed by atoms with Crippen LogP contribution >= 0.6 is 0 Å². The molecule has 1 aromatic heterocycles. The highest BCUT2D eigenvalue weighted by Crippen LogP contribution is 2.48. The lowest BCUT2D eigenvalue weighted by atomic mass is 9.71. The molecule has 0 aliphatic carbocycles.